The molecular weight excluding hydrogens is 578 g/mol. The summed E-state index contributed by atoms with van der Waals surface area (Å²) in [5.41, 5.74) is 7.91. The second kappa shape index (κ2) is 13.7. The standard InChI is InChI=1S/C37H37N5O4/c1-24-8-11-27(20-32(24)41-37-38-17-14-31(40-37)30-6-4-5-7-33(30)43)36(44)39-29-12-9-25(10-13-29)15-18-42-19-16-26-21-34(45-2)35(46-3)22-28(26)23-42/h4-14,17,20-22,43H,15-16,18-19,23H2,1-3H3,(H,39,44)(H,38,40,41). The predicted octanol–water partition coefficient (Wildman–Crippen LogP) is 6.77. The monoisotopic (exact) mass is 615 g/mol. The Balaban J connectivity index is 1.06. The van der Waals surface area contributed by atoms with Gasteiger partial charge in [-0.05, 0) is 96.6 Å². The van der Waals surface area contributed by atoms with E-state index in [1.807, 2.05) is 31.2 Å². The highest BCUT2D eigenvalue weighted by atomic mass is 16.5. The minimum atomic E-state index is -0.210. The summed E-state index contributed by atoms with van der Waals surface area (Å²) in [7, 11) is 3.34. The molecule has 1 aromatic heterocycles. The van der Waals surface area contributed by atoms with Crippen molar-refractivity contribution in [1.29, 1.82) is 0 Å². The van der Waals surface area contributed by atoms with Crippen molar-refractivity contribution in [3.05, 3.63) is 119 Å². The van der Waals surface area contributed by atoms with Crippen LogP contribution in [0.15, 0.2) is 91.1 Å². The van der Waals surface area contributed by atoms with Crippen LogP contribution >= 0.6 is 0 Å². The van der Waals surface area contributed by atoms with Crippen molar-refractivity contribution in [1.82, 2.24) is 14.9 Å². The smallest absolute Gasteiger partial charge is 0.255 e. The van der Waals surface area contributed by atoms with Crippen LogP contribution in [0.2, 0.25) is 0 Å². The van der Waals surface area contributed by atoms with Crippen LogP contribution in [-0.2, 0) is 19.4 Å². The van der Waals surface area contributed by atoms with Crippen LogP contribution in [0, 0.1) is 6.92 Å². The summed E-state index contributed by atoms with van der Waals surface area (Å²) < 4.78 is 11.0. The molecule has 0 saturated heterocycles. The number of phenolic OH excluding ortho intramolecular Hbond substituents is 1. The average molecular weight is 616 g/mol. The zero-order valence-electron chi connectivity index (χ0n) is 26.2. The molecule has 0 spiro atoms. The molecule has 4 aromatic carbocycles. The Labute approximate surface area is 268 Å². The number of ether oxygens (including phenoxy) is 2. The van der Waals surface area contributed by atoms with Gasteiger partial charge in [-0.25, -0.2) is 9.97 Å². The van der Waals surface area contributed by atoms with Gasteiger partial charge >= 0.3 is 0 Å². The van der Waals surface area contributed by atoms with Crippen LogP contribution in [0.3, 0.4) is 0 Å². The van der Waals surface area contributed by atoms with Crippen LogP contribution in [0.5, 0.6) is 17.2 Å². The third-order valence-electron chi connectivity index (χ3n) is 8.31. The third kappa shape index (κ3) is 6.95. The Hall–Kier alpha value is -5.41. The fraction of sp³-hybridized carbons (Fsp3) is 0.216. The Kier molecular flexibility index (Phi) is 9.12. The summed E-state index contributed by atoms with van der Waals surface area (Å²) in [5, 5.41) is 16.5. The third-order valence-corrected chi connectivity index (χ3v) is 8.31. The van der Waals surface area contributed by atoms with Crippen molar-refractivity contribution >= 4 is 23.2 Å². The second-order valence-corrected chi connectivity index (χ2v) is 11.3. The topological polar surface area (TPSA) is 109 Å². The number of methoxy groups -OCH3 is 2. The zero-order chi connectivity index (χ0) is 32.0. The molecule has 9 heteroatoms. The van der Waals surface area contributed by atoms with Gasteiger partial charge in [0.25, 0.3) is 5.91 Å². The first-order chi connectivity index (χ1) is 22.4. The summed E-state index contributed by atoms with van der Waals surface area (Å²) in [6, 6.07) is 26.5. The summed E-state index contributed by atoms with van der Waals surface area (Å²) in [5.74, 6) is 1.85. The van der Waals surface area contributed by atoms with Crippen molar-refractivity contribution in [2.75, 3.05) is 37.9 Å². The number of aromatic hydroxyl groups is 1. The van der Waals surface area contributed by atoms with Gasteiger partial charge in [0.2, 0.25) is 5.95 Å². The molecule has 0 fully saturated rings. The first-order valence-electron chi connectivity index (χ1n) is 15.3. The van der Waals surface area contributed by atoms with E-state index in [1.54, 1.807) is 56.8 Å². The fourth-order valence-corrected chi connectivity index (χ4v) is 5.66. The molecule has 0 unspecified atom stereocenters. The number of phenols is 1. The van der Waals surface area contributed by atoms with Gasteiger partial charge in [0, 0.05) is 48.3 Å². The zero-order valence-corrected chi connectivity index (χ0v) is 26.2. The molecule has 2 heterocycles. The van der Waals surface area contributed by atoms with Gasteiger partial charge < -0.3 is 25.2 Å². The van der Waals surface area contributed by atoms with Gasteiger partial charge in [-0.1, -0.05) is 30.3 Å². The highest BCUT2D eigenvalue weighted by Crippen LogP contribution is 2.33. The van der Waals surface area contributed by atoms with Gasteiger partial charge in [0.1, 0.15) is 5.75 Å². The largest absolute Gasteiger partial charge is 0.507 e. The van der Waals surface area contributed by atoms with Crippen molar-refractivity contribution in [3.63, 3.8) is 0 Å². The van der Waals surface area contributed by atoms with Gasteiger partial charge in [0.05, 0.1) is 19.9 Å². The molecule has 46 heavy (non-hydrogen) atoms. The van der Waals surface area contributed by atoms with Crippen molar-refractivity contribution in [2.45, 2.75) is 26.3 Å². The number of carbonyl (C=O) groups excluding carboxylic acids is 1. The van der Waals surface area contributed by atoms with Crippen LogP contribution in [0.25, 0.3) is 11.3 Å². The first kappa shape index (κ1) is 30.6. The average Bonchev–Trinajstić information content (AvgIpc) is 3.08. The van der Waals surface area contributed by atoms with E-state index in [0.29, 0.717) is 22.8 Å². The molecular formula is C37H37N5O4. The lowest BCUT2D eigenvalue weighted by Crippen LogP contribution is -2.32. The van der Waals surface area contributed by atoms with Crippen LogP contribution in [0.1, 0.15) is 32.6 Å². The van der Waals surface area contributed by atoms with E-state index in [1.165, 1.54) is 16.7 Å². The van der Waals surface area contributed by atoms with E-state index < -0.39 is 0 Å². The Morgan fingerprint density at radius 3 is 2.46 bits per heavy atom. The highest BCUT2D eigenvalue weighted by molar-refractivity contribution is 6.05. The van der Waals surface area contributed by atoms with E-state index >= 15 is 0 Å². The molecule has 6 rings (SSSR count). The number of aryl methyl sites for hydroxylation is 1. The van der Waals surface area contributed by atoms with Gasteiger partial charge in [-0.15, -0.1) is 0 Å². The van der Waals surface area contributed by atoms with Crippen molar-refractivity contribution < 1.29 is 19.4 Å². The minimum absolute atomic E-state index is 0.145. The lowest BCUT2D eigenvalue weighted by atomic mass is 9.98. The number of aromatic nitrogens is 2. The van der Waals surface area contributed by atoms with E-state index in [2.05, 4.69) is 49.8 Å². The van der Waals surface area contributed by atoms with Crippen molar-refractivity contribution in [2.24, 2.45) is 0 Å². The number of nitrogens with one attached hydrogen (secondary N) is 2. The van der Waals surface area contributed by atoms with Crippen LogP contribution in [-0.4, -0.2) is 53.2 Å². The van der Waals surface area contributed by atoms with E-state index in [9.17, 15) is 9.90 Å². The quantitative estimate of drug-likeness (QED) is 0.158. The SMILES string of the molecule is COc1cc2c(cc1OC)CN(CCc1ccc(NC(=O)c3ccc(C)c(Nc4nccc(-c5ccccc5O)n4)c3)cc1)CC2. The molecule has 9 nitrogen and oxygen atoms in total. The molecule has 1 amide bonds. The lowest BCUT2D eigenvalue weighted by molar-refractivity contribution is 0.102. The summed E-state index contributed by atoms with van der Waals surface area (Å²) in [6.45, 7) is 4.77. The molecule has 0 saturated carbocycles. The number of rotatable bonds is 10. The molecule has 234 valence electrons. The number of benzene rings is 4. The van der Waals surface area contributed by atoms with Gasteiger partial charge in [0.15, 0.2) is 11.5 Å². The lowest BCUT2D eigenvalue weighted by Gasteiger charge is -2.29. The Morgan fingerprint density at radius 1 is 0.935 bits per heavy atom. The number of hydrogen-bond donors (Lipinski definition) is 3. The fourth-order valence-electron chi connectivity index (χ4n) is 5.66. The summed E-state index contributed by atoms with van der Waals surface area (Å²) >= 11 is 0. The van der Waals surface area contributed by atoms with Crippen molar-refractivity contribution in [3.8, 4) is 28.5 Å². The maximum Gasteiger partial charge on any atom is 0.255 e. The molecule has 1 aliphatic heterocycles. The number of para-hydroxylation sites is 1. The van der Waals surface area contributed by atoms with Gasteiger partial charge in [-0.2, -0.15) is 0 Å². The van der Waals surface area contributed by atoms with E-state index in [4.69, 9.17) is 9.47 Å². The highest BCUT2D eigenvalue weighted by Gasteiger charge is 2.19. The molecule has 5 aromatic rings. The summed E-state index contributed by atoms with van der Waals surface area (Å²) in [4.78, 5) is 24.5. The van der Waals surface area contributed by atoms with E-state index in [0.717, 1.165) is 60.9 Å². The molecule has 1 aliphatic rings. The second-order valence-electron chi connectivity index (χ2n) is 11.3. The summed E-state index contributed by atoms with van der Waals surface area (Å²) in [6.07, 6.45) is 3.53. The molecule has 0 radical (unpaired) electrons. The maximum absolute atomic E-state index is 13.2. The Bertz CT molecular complexity index is 1860. The number of carbonyl (C=O) groups is 1. The molecule has 3 N–H and O–H groups in total. The van der Waals surface area contributed by atoms with Gasteiger partial charge in [-0.3, -0.25) is 9.69 Å². The number of hydrogen-bond acceptors (Lipinski definition) is 8. The molecule has 0 atom stereocenters. The van der Waals surface area contributed by atoms with E-state index in [-0.39, 0.29) is 11.7 Å². The number of fused-ring (bicyclic) bond motifs is 1. The number of nitrogens with zero attached hydrogens (tertiary/aromatic N) is 3. The number of anilines is 3. The normalized spacial score (nSPS) is 12.7. The molecule has 0 aliphatic carbocycles. The Morgan fingerprint density at radius 2 is 1.70 bits per heavy atom. The number of amides is 1. The molecule has 0 bridgehead atoms. The predicted molar refractivity (Wildman–Crippen MR) is 180 cm³/mol. The maximum atomic E-state index is 13.2. The van der Waals surface area contributed by atoms with Crippen LogP contribution < -0.4 is 20.1 Å². The minimum Gasteiger partial charge on any atom is -0.507 e. The van der Waals surface area contributed by atoms with Crippen LogP contribution in [0.4, 0.5) is 17.3 Å². The first-order valence-corrected chi connectivity index (χ1v) is 15.3.